The largest absolute Gasteiger partial charge is 0.336 e. The molecule has 0 amide bonds. The van der Waals surface area contributed by atoms with Crippen molar-refractivity contribution in [2.75, 3.05) is 11.6 Å². The van der Waals surface area contributed by atoms with Gasteiger partial charge in [-0.05, 0) is 18.1 Å². The third-order valence-corrected chi connectivity index (χ3v) is 5.35. The minimum Gasteiger partial charge on any atom is -0.336 e. The van der Waals surface area contributed by atoms with Crippen LogP contribution in [0.1, 0.15) is 13.8 Å². The zero-order chi connectivity index (χ0) is 19.2. The Hall–Kier alpha value is -2.94. The molecule has 0 fully saturated rings. The molecule has 0 radical (unpaired) electrons. The second-order valence-corrected chi connectivity index (χ2v) is 9.06. The van der Waals surface area contributed by atoms with E-state index in [0.717, 1.165) is 28.5 Å². The molecule has 0 aliphatic heterocycles. The van der Waals surface area contributed by atoms with E-state index >= 15 is 0 Å². The van der Waals surface area contributed by atoms with Gasteiger partial charge in [0.25, 0.3) is 0 Å². The highest BCUT2D eigenvalue weighted by Gasteiger charge is 2.14. The fraction of sp³-hybridized carbons (Fsp3) is 0.278. The van der Waals surface area contributed by atoms with Crippen LogP contribution in [0.4, 0.5) is 11.5 Å². The summed E-state index contributed by atoms with van der Waals surface area (Å²) in [6, 6.07) is 4.94. The number of aromatic amines is 1. The van der Waals surface area contributed by atoms with E-state index in [-0.39, 0.29) is 4.90 Å². The lowest BCUT2D eigenvalue weighted by atomic mass is 10.1. The van der Waals surface area contributed by atoms with Crippen LogP contribution in [0.5, 0.6) is 0 Å². The van der Waals surface area contributed by atoms with Crippen LogP contribution in [0.3, 0.4) is 0 Å². The summed E-state index contributed by atoms with van der Waals surface area (Å²) in [5.41, 5.74) is 2.15. The van der Waals surface area contributed by atoms with Gasteiger partial charge in [0.05, 0.1) is 28.5 Å². The monoisotopic (exact) mass is 384 g/mol. The Bertz CT molecular complexity index is 1240. The topological polar surface area (TPSA) is 106 Å². The average molecular weight is 384 g/mol. The molecular weight excluding hydrogens is 364 g/mol. The summed E-state index contributed by atoms with van der Waals surface area (Å²) in [4.78, 5) is 4.87. The van der Waals surface area contributed by atoms with Gasteiger partial charge < -0.3 is 5.32 Å². The van der Waals surface area contributed by atoms with Crippen molar-refractivity contribution in [1.82, 2.24) is 25.0 Å². The summed E-state index contributed by atoms with van der Waals surface area (Å²) < 4.78 is 25.6. The molecule has 4 aromatic rings. The second-order valence-electron chi connectivity index (χ2n) is 7.04. The third-order valence-electron chi connectivity index (χ3n) is 4.24. The molecule has 140 valence electrons. The van der Waals surface area contributed by atoms with Gasteiger partial charge in [-0.25, -0.2) is 13.4 Å². The number of benzene rings is 1. The SMILES string of the molecule is CC(C)Cn1cc(Nc2nc3cc(S(C)(=O)=O)ccc3c3cn[nH]c23)cn1. The van der Waals surface area contributed by atoms with E-state index in [9.17, 15) is 8.42 Å². The van der Waals surface area contributed by atoms with Gasteiger partial charge in [0.15, 0.2) is 15.7 Å². The van der Waals surface area contributed by atoms with Crippen molar-refractivity contribution < 1.29 is 8.42 Å². The van der Waals surface area contributed by atoms with Gasteiger partial charge in [-0.1, -0.05) is 19.9 Å². The highest BCUT2D eigenvalue weighted by Crippen LogP contribution is 2.30. The summed E-state index contributed by atoms with van der Waals surface area (Å²) >= 11 is 0. The van der Waals surface area contributed by atoms with Crippen LogP contribution in [-0.4, -0.2) is 39.6 Å². The van der Waals surface area contributed by atoms with Crippen molar-refractivity contribution >= 4 is 43.1 Å². The Balaban J connectivity index is 1.81. The van der Waals surface area contributed by atoms with Crippen LogP contribution in [0.15, 0.2) is 41.7 Å². The number of rotatable bonds is 5. The lowest BCUT2D eigenvalue weighted by Crippen LogP contribution is -2.04. The molecule has 2 N–H and O–H groups in total. The van der Waals surface area contributed by atoms with E-state index in [1.54, 1.807) is 30.6 Å². The predicted octanol–water partition coefficient (Wildman–Crippen LogP) is 3.11. The number of pyridine rings is 1. The molecule has 8 nitrogen and oxygen atoms in total. The van der Waals surface area contributed by atoms with Gasteiger partial charge in [-0.15, -0.1) is 0 Å². The first kappa shape index (κ1) is 17.5. The molecule has 0 bridgehead atoms. The molecule has 27 heavy (non-hydrogen) atoms. The molecule has 0 saturated heterocycles. The fourth-order valence-electron chi connectivity index (χ4n) is 3.04. The molecule has 0 atom stereocenters. The van der Waals surface area contributed by atoms with E-state index in [1.807, 2.05) is 10.9 Å². The first-order chi connectivity index (χ1) is 12.8. The van der Waals surface area contributed by atoms with Crippen molar-refractivity contribution in [3.63, 3.8) is 0 Å². The van der Waals surface area contributed by atoms with Crippen LogP contribution in [-0.2, 0) is 16.4 Å². The van der Waals surface area contributed by atoms with E-state index in [0.29, 0.717) is 17.3 Å². The van der Waals surface area contributed by atoms with Gasteiger partial charge in [0.2, 0.25) is 0 Å². The second kappa shape index (κ2) is 6.34. The number of sulfone groups is 1. The summed E-state index contributed by atoms with van der Waals surface area (Å²) in [5.74, 6) is 1.06. The smallest absolute Gasteiger partial charge is 0.175 e. The van der Waals surface area contributed by atoms with Gasteiger partial charge in [0.1, 0.15) is 5.52 Å². The van der Waals surface area contributed by atoms with Gasteiger partial charge >= 0.3 is 0 Å². The van der Waals surface area contributed by atoms with E-state index in [2.05, 4.69) is 39.4 Å². The van der Waals surface area contributed by atoms with Crippen LogP contribution in [0.25, 0.3) is 21.8 Å². The summed E-state index contributed by atoms with van der Waals surface area (Å²) in [6.07, 6.45) is 6.56. The molecule has 0 spiro atoms. The highest BCUT2D eigenvalue weighted by molar-refractivity contribution is 7.90. The van der Waals surface area contributed by atoms with E-state index < -0.39 is 9.84 Å². The summed E-state index contributed by atoms with van der Waals surface area (Å²) in [6.45, 7) is 5.09. The van der Waals surface area contributed by atoms with E-state index in [1.165, 1.54) is 6.26 Å². The minimum absolute atomic E-state index is 0.237. The number of aromatic nitrogens is 5. The molecule has 1 aromatic carbocycles. The zero-order valence-corrected chi connectivity index (χ0v) is 16.1. The molecule has 0 aliphatic rings. The number of H-pyrrole nitrogens is 1. The standard InChI is InChI=1S/C18H20N6O2S/c1-11(2)9-24-10-12(7-20-24)21-18-17-15(8-19-23-17)14-5-4-13(27(3,25)26)6-16(14)22-18/h4-8,10-11H,9H2,1-3H3,(H,19,23)(H,21,22). The summed E-state index contributed by atoms with van der Waals surface area (Å²) in [5, 5.41) is 16.4. The third kappa shape index (κ3) is 3.37. The number of fused-ring (bicyclic) bond motifs is 3. The molecule has 0 aliphatic carbocycles. The molecule has 3 heterocycles. The molecule has 4 rings (SSSR count). The maximum atomic E-state index is 11.9. The van der Waals surface area contributed by atoms with Gasteiger partial charge in [-0.3, -0.25) is 9.78 Å². The van der Waals surface area contributed by atoms with Crippen LogP contribution >= 0.6 is 0 Å². The van der Waals surface area contributed by atoms with Crippen molar-refractivity contribution in [3.8, 4) is 0 Å². The van der Waals surface area contributed by atoms with Crippen LogP contribution in [0.2, 0.25) is 0 Å². The Labute approximate surface area is 156 Å². The number of nitrogens with zero attached hydrogens (tertiary/aromatic N) is 4. The average Bonchev–Trinajstić information content (AvgIpc) is 3.23. The molecule has 3 aromatic heterocycles. The lowest BCUT2D eigenvalue weighted by Gasteiger charge is -2.08. The number of anilines is 2. The van der Waals surface area contributed by atoms with E-state index in [4.69, 9.17) is 0 Å². The number of hydrogen-bond donors (Lipinski definition) is 2. The quantitative estimate of drug-likeness (QED) is 0.548. The van der Waals surface area contributed by atoms with Crippen molar-refractivity contribution in [1.29, 1.82) is 0 Å². The van der Waals surface area contributed by atoms with Crippen molar-refractivity contribution in [3.05, 3.63) is 36.8 Å². The molecule has 0 saturated carbocycles. The first-order valence-corrected chi connectivity index (χ1v) is 10.5. The highest BCUT2D eigenvalue weighted by atomic mass is 32.2. The normalized spacial score (nSPS) is 12.3. The predicted molar refractivity (Wildman–Crippen MR) is 105 cm³/mol. The molecular formula is C18H20N6O2S. The van der Waals surface area contributed by atoms with Crippen LogP contribution < -0.4 is 5.32 Å². The minimum atomic E-state index is -3.31. The van der Waals surface area contributed by atoms with Crippen LogP contribution in [0, 0.1) is 5.92 Å². The Kier molecular flexibility index (Phi) is 4.11. The first-order valence-electron chi connectivity index (χ1n) is 8.57. The Morgan fingerprint density at radius 1 is 1.22 bits per heavy atom. The van der Waals surface area contributed by atoms with Crippen molar-refractivity contribution in [2.45, 2.75) is 25.3 Å². The number of nitrogens with one attached hydrogen (secondary N) is 2. The van der Waals surface area contributed by atoms with Gasteiger partial charge in [0, 0.05) is 29.8 Å². The lowest BCUT2D eigenvalue weighted by molar-refractivity contribution is 0.483. The van der Waals surface area contributed by atoms with Gasteiger partial charge in [-0.2, -0.15) is 10.2 Å². The fourth-order valence-corrected chi connectivity index (χ4v) is 3.68. The Morgan fingerprint density at radius 3 is 2.78 bits per heavy atom. The zero-order valence-electron chi connectivity index (χ0n) is 15.3. The van der Waals surface area contributed by atoms with Crippen molar-refractivity contribution in [2.24, 2.45) is 5.92 Å². The maximum Gasteiger partial charge on any atom is 0.175 e. The Morgan fingerprint density at radius 2 is 2.04 bits per heavy atom. The summed E-state index contributed by atoms with van der Waals surface area (Å²) in [7, 11) is -3.31. The number of hydrogen-bond acceptors (Lipinski definition) is 6. The molecule has 0 unspecified atom stereocenters. The molecule has 9 heteroatoms. The maximum absolute atomic E-state index is 11.9.